The maximum atomic E-state index is 13.0. The summed E-state index contributed by atoms with van der Waals surface area (Å²) in [7, 11) is 0. The summed E-state index contributed by atoms with van der Waals surface area (Å²) in [5, 5.41) is 3.84. The fourth-order valence-electron chi connectivity index (χ4n) is 2.61. The third-order valence-corrected chi connectivity index (χ3v) is 4.05. The van der Waals surface area contributed by atoms with E-state index in [1.807, 2.05) is 49.4 Å². The van der Waals surface area contributed by atoms with Crippen LogP contribution in [0.1, 0.15) is 23.2 Å². The Balaban J connectivity index is 1.88. The number of rotatable bonds is 5. The van der Waals surface area contributed by atoms with Crippen molar-refractivity contribution in [2.45, 2.75) is 13.8 Å². The smallest absolute Gasteiger partial charge is 0.277 e. The van der Waals surface area contributed by atoms with Crippen molar-refractivity contribution in [2.75, 3.05) is 16.8 Å². The van der Waals surface area contributed by atoms with Gasteiger partial charge in [0.25, 0.3) is 5.91 Å². The minimum Gasteiger partial charge on any atom is -0.340 e. The molecular formula is C20H19ClN4O. The average Bonchev–Trinajstić information content (AvgIpc) is 2.64. The summed E-state index contributed by atoms with van der Waals surface area (Å²) in [5.41, 5.74) is 2.02. The molecule has 2 aromatic carbocycles. The lowest BCUT2D eigenvalue weighted by Gasteiger charge is -2.21. The number of anilines is 3. The number of hydrogen-bond donors (Lipinski definition) is 1. The van der Waals surface area contributed by atoms with Crippen LogP contribution >= 0.6 is 11.6 Å². The van der Waals surface area contributed by atoms with Crippen LogP contribution in [0.15, 0.2) is 60.7 Å². The second kappa shape index (κ2) is 7.97. The first-order valence-corrected chi connectivity index (χ1v) is 8.70. The predicted molar refractivity (Wildman–Crippen MR) is 105 cm³/mol. The molecule has 0 radical (unpaired) electrons. The summed E-state index contributed by atoms with van der Waals surface area (Å²) < 4.78 is 0. The van der Waals surface area contributed by atoms with E-state index >= 15 is 0 Å². The summed E-state index contributed by atoms with van der Waals surface area (Å²) in [6, 6.07) is 18.5. The summed E-state index contributed by atoms with van der Waals surface area (Å²) in [6.45, 7) is 4.25. The van der Waals surface area contributed by atoms with Gasteiger partial charge in [-0.3, -0.25) is 4.79 Å². The van der Waals surface area contributed by atoms with Crippen LogP contribution in [0.4, 0.5) is 17.2 Å². The molecule has 1 aromatic heterocycles. The molecule has 0 bridgehead atoms. The van der Waals surface area contributed by atoms with Crippen LogP contribution in [-0.4, -0.2) is 22.4 Å². The van der Waals surface area contributed by atoms with Crippen molar-refractivity contribution in [3.05, 3.63) is 77.2 Å². The second-order valence-electron chi connectivity index (χ2n) is 5.70. The molecule has 5 nitrogen and oxygen atoms in total. The van der Waals surface area contributed by atoms with Gasteiger partial charge in [-0.1, -0.05) is 29.8 Å². The normalized spacial score (nSPS) is 10.4. The number of para-hydroxylation sites is 1. The first-order chi connectivity index (χ1) is 12.6. The Bertz CT molecular complexity index is 897. The molecule has 0 saturated carbocycles. The lowest BCUT2D eigenvalue weighted by atomic mass is 10.2. The molecule has 1 N–H and O–H groups in total. The van der Waals surface area contributed by atoms with Crippen LogP contribution in [0.5, 0.6) is 0 Å². The Kier molecular flexibility index (Phi) is 5.49. The Morgan fingerprint density at radius 2 is 1.77 bits per heavy atom. The van der Waals surface area contributed by atoms with Crippen LogP contribution in [-0.2, 0) is 0 Å². The fourth-order valence-corrected chi connectivity index (χ4v) is 2.74. The largest absolute Gasteiger partial charge is 0.340 e. The van der Waals surface area contributed by atoms with Crippen molar-refractivity contribution in [3.8, 4) is 0 Å². The molecule has 1 amide bonds. The van der Waals surface area contributed by atoms with Gasteiger partial charge in [-0.25, -0.2) is 9.97 Å². The number of amides is 1. The SMILES string of the molecule is CCN(C(=O)c1cc(Nc2ccc(Cl)cc2)nc(C)n1)c1ccccc1. The Labute approximate surface area is 157 Å². The highest BCUT2D eigenvalue weighted by Crippen LogP contribution is 2.20. The number of carbonyl (C=O) groups is 1. The van der Waals surface area contributed by atoms with Gasteiger partial charge in [0.05, 0.1) is 0 Å². The molecule has 0 aliphatic heterocycles. The standard InChI is InChI=1S/C20H19ClN4O/c1-3-25(17-7-5-4-6-8-17)20(26)18-13-19(23-14(2)22-18)24-16-11-9-15(21)10-12-16/h4-13H,3H2,1-2H3,(H,22,23,24). The third kappa shape index (κ3) is 4.18. The quantitative estimate of drug-likeness (QED) is 0.701. The number of halogens is 1. The highest BCUT2D eigenvalue weighted by atomic mass is 35.5. The first-order valence-electron chi connectivity index (χ1n) is 8.32. The maximum absolute atomic E-state index is 13.0. The van der Waals surface area contributed by atoms with Gasteiger partial charge in [-0.15, -0.1) is 0 Å². The average molecular weight is 367 g/mol. The number of benzene rings is 2. The van der Waals surface area contributed by atoms with Gasteiger partial charge in [-0.2, -0.15) is 0 Å². The lowest BCUT2D eigenvalue weighted by molar-refractivity contribution is 0.0983. The van der Waals surface area contributed by atoms with E-state index in [1.165, 1.54) is 0 Å². The first kappa shape index (κ1) is 17.9. The maximum Gasteiger partial charge on any atom is 0.277 e. The summed E-state index contributed by atoms with van der Waals surface area (Å²) >= 11 is 5.91. The fraction of sp³-hybridized carbons (Fsp3) is 0.150. The molecule has 26 heavy (non-hydrogen) atoms. The molecule has 0 saturated heterocycles. The van der Waals surface area contributed by atoms with E-state index in [4.69, 9.17) is 11.6 Å². The van der Waals surface area contributed by atoms with Crippen LogP contribution in [0, 0.1) is 6.92 Å². The molecule has 3 aromatic rings. The summed E-state index contributed by atoms with van der Waals surface area (Å²) in [4.78, 5) is 23.3. The molecule has 132 valence electrons. The van der Waals surface area contributed by atoms with Gasteiger partial charge >= 0.3 is 0 Å². The van der Waals surface area contributed by atoms with Gasteiger partial charge in [-0.05, 0) is 50.2 Å². The highest BCUT2D eigenvalue weighted by molar-refractivity contribution is 6.30. The zero-order valence-corrected chi connectivity index (χ0v) is 15.4. The van der Waals surface area contributed by atoms with Gasteiger partial charge in [0.2, 0.25) is 0 Å². The lowest BCUT2D eigenvalue weighted by Crippen LogP contribution is -2.31. The molecule has 6 heteroatoms. The minimum atomic E-state index is -0.164. The van der Waals surface area contributed by atoms with E-state index in [0.29, 0.717) is 28.9 Å². The van der Waals surface area contributed by atoms with E-state index < -0.39 is 0 Å². The van der Waals surface area contributed by atoms with E-state index in [0.717, 1.165) is 11.4 Å². The van der Waals surface area contributed by atoms with E-state index in [1.54, 1.807) is 30.0 Å². The third-order valence-electron chi connectivity index (χ3n) is 3.80. The van der Waals surface area contributed by atoms with Crippen LogP contribution < -0.4 is 10.2 Å². The monoisotopic (exact) mass is 366 g/mol. The number of nitrogens with zero attached hydrogens (tertiary/aromatic N) is 3. The topological polar surface area (TPSA) is 58.1 Å². The predicted octanol–water partition coefficient (Wildman–Crippen LogP) is 4.85. The molecule has 1 heterocycles. The van der Waals surface area contributed by atoms with Gasteiger partial charge in [0.15, 0.2) is 0 Å². The molecule has 0 unspecified atom stereocenters. The van der Waals surface area contributed by atoms with Crippen molar-refractivity contribution >= 4 is 34.7 Å². The molecule has 3 rings (SSSR count). The van der Waals surface area contributed by atoms with E-state index in [2.05, 4.69) is 15.3 Å². The molecule has 0 spiro atoms. The van der Waals surface area contributed by atoms with Crippen LogP contribution in [0.25, 0.3) is 0 Å². The molecule has 0 fully saturated rings. The zero-order chi connectivity index (χ0) is 18.5. The second-order valence-corrected chi connectivity index (χ2v) is 6.14. The van der Waals surface area contributed by atoms with Gasteiger partial charge in [0.1, 0.15) is 17.3 Å². The van der Waals surface area contributed by atoms with Crippen molar-refractivity contribution in [1.82, 2.24) is 9.97 Å². The minimum absolute atomic E-state index is 0.164. The number of carbonyl (C=O) groups excluding carboxylic acids is 1. The molecule has 0 aliphatic carbocycles. The van der Waals surface area contributed by atoms with E-state index in [9.17, 15) is 4.79 Å². The van der Waals surface area contributed by atoms with Crippen molar-refractivity contribution in [3.63, 3.8) is 0 Å². The molecule has 0 aliphatic rings. The van der Waals surface area contributed by atoms with Crippen molar-refractivity contribution < 1.29 is 4.79 Å². The number of aromatic nitrogens is 2. The van der Waals surface area contributed by atoms with Crippen molar-refractivity contribution in [2.24, 2.45) is 0 Å². The number of nitrogens with one attached hydrogen (secondary N) is 1. The van der Waals surface area contributed by atoms with Crippen LogP contribution in [0.2, 0.25) is 5.02 Å². The molecular weight excluding hydrogens is 348 g/mol. The Hall–Kier alpha value is -2.92. The number of hydrogen-bond acceptors (Lipinski definition) is 4. The zero-order valence-electron chi connectivity index (χ0n) is 14.6. The van der Waals surface area contributed by atoms with Gasteiger partial charge < -0.3 is 10.2 Å². The van der Waals surface area contributed by atoms with E-state index in [-0.39, 0.29) is 5.91 Å². The highest BCUT2D eigenvalue weighted by Gasteiger charge is 2.18. The number of aryl methyl sites for hydroxylation is 1. The van der Waals surface area contributed by atoms with Crippen LogP contribution in [0.3, 0.4) is 0 Å². The Morgan fingerprint density at radius 1 is 1.08 bits per heavy atom. The summed E-state index contributed by atoms with van der Waals surface area (Å²) in [5.74, 6) is 0.923. The molecule has 0 atom stereocenters. The Morgan fingerprint density at radius 3 is 2.42 bits per heavy atom. The van der Waals surface area contributed by atoms with Gasteiger partial charge in [0, 0.05) is 29.0 Å². The summed E-state index contributed by atoms with van der Waals surface area (Å²) in [6.07, 6.45) is 0. The van der Waals surface area contributed by atoms with Crippen molar-refractivity contribution in [1.29, 1.82) is 0 Å².